The van der Waals surface area contributed by atoms with Gasteiger partial charge in [-0.1, -0.05) is 34.1 Å². The van der Waals surface area contributed by atoms with E-state index in [2.05, 4.69) is 15.9 Å². The number of fused-ring (bicyclic) bond motifs is 1. The summed E-state index contributed by atoms with van der Waals surface area (Å²) in [5.41, 5.74) is 2.91. The minimum absolute atomic E-state index is 0.0322. The van der Waals surface area contributed by atoms with E-state index in [0.717, 1.165) is 15.6 Å². The lowest BCUT2D eigenvalue weighted by Gasteiger charge is -2.14. The van der Waals surface area contributed by atoms with Crippen molar-refractivity contribution < 1.29 is 23.4 Å². The van der Waals surface area contributed by atoms with Gasteiger partial charge in [0.15, 0.2) is 29.6 Å². The third-order valence-electron chi connectivity index (χ3n) is 5.44. The number of carbonyl (C=O) groups excluding carboxylic acids is 1. The summed E-state index contributed by atoms with van der Waals surface area (Å²) in [6.45, 7) is 3.48. The fraction of sp³-hybridized carbons (Fsp3) is 0.185. The normalized spacial score (nSPS) is 10.9. The highest BCUT2D eigenvalue weighted by atomic mass is 79.9. The Labute approximate surface area is 205 Å². The van der Waals surface area contributed by atoms with Crippen LogP contribution in [0.15, 0.2) is 68.3 Å². The molecular weight excluding hydrogens is 500 g/mol. The SMILES string of the molecule is COc1ccc(-c2oc3c(C)cc(C)cc3c(=O)c2OCC(=O)c2ccc(Br)cc2)cc1OC. The molecule has 6 nitrogen and oxygen atoms in total. The average molecular weight is 523 g/mol. The predicted octanol–water partition coefficient (Wildman–Crippen LogP) is 6.12. The number of aryl methyl sites for hydroxylation is 2. The Bertz CT molecular complexity index is 1440. The first kappa shape index (κ1) is 23.6. The maximum absolute atomic E-state index is 13.5. The maximum atomic E-state index is 13.5. The first-order chi connectivity index (χ1) is 16.3. The first-order valence-corrected chi connectivity index (χ1v) is 11.3. The molecule has 0 aliphatic carbocycles. The lowest BCUT2D eigenvalue weighted by Crippen LogP contribution is -2.17. The van der Waals surface area contributed by atoms with Gasteiger partial charge >= 0.3 is 0 Å². The molecule has 0 N–H and O–H groups in total. The standard InChI is InChI=1S/C27H23BrO6/c1-15-11-16(2)25-20(12-15)24(30)27(33-14-21(29)17-5-8-19(28)9-6-17)26(34-25)18-7-10-22(31-3)23(13-18)32-4/h5-13H,14H2,1-4H3. The number of hydrogen-bond acceptors (Lipinski definition) is 6. The Morgan fingerprint density at radius 3 is 2.32 bits per heavy atom. The Morgan fingerprint density at radius 1 is 0.941 bits per heavy atom. The molecule has 0 saturated heterocycles. The summed E-state index contributed by atoms with van der Waals surface area (Å²) in [5, 5.41) is 0.396. The van der Waals surface area contributed by atoms with Crippen LogP contribution in [0.25, 0.3) is 22.3 Å². The minimum atomic E-state index is -0.346. The van der Waals surface area contributed by atoms with Crippen molar-refractivity contribution in [3.8, 4) is 28.6 Å². The fourth-order valence-corrected chi connectivity index (χ4v) is 4.05. The summed E-state index contributed by atoms with van der Waals surface area (Å²) in [7, 11) is 3.07. The number of Topliss-reactive ketones (excluding diaryl/α,β-unsaturated/α-hetero) is 1. The van der Waals surface area contributed by atoms with Gasteiger partial charge in [-0.15, -0.1) is 0 Å². The molecule has 4 rings (SSSR count). The summed E-state index contributed by atoms with van der Waals surface area (Å²) in [4.78, 5) is 26.3. The van der Waals surface area contributed by atoms with Gasteiger partial charge in [0.05, 0.1) is 19.6 Å². The molecule has 0 unspecified atom stereocenters. The van der Waals surface area contributed by atoms with Gasteiger partial charge in [-0.25, -0.2) is 0 Å². The zero-order valence-electron chi connectivity index (χ0n) is 19.2. The van der Waals surface area contributed by atoms with E-state index in [1.807, 2.05) is 19.9 Å². The van der Waals surface area contributed by atoms with E-state index >= 15 is 0 Å². The zero-order chi connectivity index (χ0) is 24.4. The van der Waals surface area contributed by atoms with Crippen LogP contribution in [-0.4, -0.2) is 26.6 Å². The molecule has 34 heavy (non-hydrogen) atoms. The van der Waals surface area contributed by atoms with E-state index < -0.39 is 0 Å². The molecule has 4 aromatic rings. The molecule has 0 aliphatic heterocycles. The van der Waals surface area contributed by atoms with Gasteiger partial charge < -0.3 is 18.6 Å². The van der Waals surface area contributed by atoms with Crippen LogP contribution in [0.1, 0.15) is 21.5 Å². The van der Waals surface area contributed by atoms with Gasteiger partial charge in [0.25, 0.3) is 0 Å². The molecule has 0 spiro atoms. The predicted molar refractivity (Wildman–Crippen MR) is 134 cm³/mol. The first-order valence-electron chi connectivity index (χ1n) is 10.5. The summed E-state index contributed by atoms with van der Waals surface area (Å²) >= 11 is 3.36. The van der Waals surface area contributed by atoms with Gasteiger partial charge in [-0.05, 0) is 61.4 Å². The number of ketones is 1. The Hall–Kier alpha value is -3.58. The van der Waals surface area contributed by atoms with E-state index in [1.54, 1.807) is 55.6 Å². The average Bonchev–Trinajstić information content (AvgIpc) is 2.83. The van der Waals surface area contributed by atoms with Crippen molar-refractivity contribution in [2.75, 3.05) is 20.8 Å². The summed E-state index contributed by atoms with van der Waals surface area (Å²) in [6.07, 6.45) is 0. The molecule has 1 aromatic heterocycles. The van der Waals surface area contributed by atoms with Crippen LogP contribution in [0, 0.1) is 13.8 Å². The van der Waals surface area contributed by atoms with E-state index in [1.165, 1.54) is 7.11 Å². The topological polar surface area (TPSA) is 75.0 Å². The maximum Gasteiger partial charge on any atom is 0.235 e. The van der Waals surface area contributed by atoms with Crippen molar-refractivity contribution >= 4 is 32.7 Å². The van der Waals surface area contributed by atoms with Crippen LogP contribution in [0.2, 0.25) is 0 Å². The number of benzene rings is 3. The molecule has 0 aliphatic rings. The van der Waals surface area contributed by atoms with Crippen LogP contribution >= 0.6 is 15.9 Å². The van der Waals surface area contributed by atoms with Gasteiger partial charge in [0.1, 0.15) is 5.58 Å². The summed E-state index contributed by atoms with van der Waals surface area (Å²) in [6, 6.07) is 15.8. The highest BCUT2D eigenvalue weighted by molar-refractivity contribution is 9.10. The van der Waals surface area contributed by atoms with Crippen molar-refractivity contribution in [2.45, 2.75) is 13.8 Å². The molecule has 0 bridgehead atoms. The molecular formula is C27H23BrO6. The summed E-state index contributed by atoms with van der Waals surface area (Å²) < 4.78 is 23.7. The summed E-state index contributed by atoms with van der Waals surface area (Å²) in [5.74, 6) is 0.934. The highest BCUT2D eigenvalue weighted by Gasteiger charge is 2.21. The van der Waals surface area contributed by atoms with Gasteiger partial charge in [-0.2, -0.15) is 0 Å². The minimum Gasteiger partial charge on any atom is -0.493 e. The Balaban J connectivity index is 1.85. The van der Waals surface area contributed by atoms with Crippen molar-refractivity contribution in [1.82, 2.24) is 0 Å². The fourth-order valence-electron chi connectivity index (χ4n) is 3.79. The number of carbonyl (C=O) groups is 1. The number of ether oxygens (including phenoxy) is 3. The molecule has 7 heteroatoms. The number of rotatable bonds is 7. The van der Waals surface area contributed by atoms with Gasteiger partial charge in [0, 0.05) is 15.6 Å². The Morgan fingerprint density at radius 2 is 1.65 bits per heavy atom. The van der Waals surface area contributed by atoms with Gasteiger partial charge in [0.2, 0.25) is 11.2 Å². The van der Waals surface area contributed by atoms with Crippen LogP contribution in [0.4, 0.5) is 0 Å². The second-order valence-corrected chi connectivity index (χ2v) is 8.75. The lowest BCUT2D eigenvalue weighted by molar-refractivity contribution is 0.0920. The third-order valence-corrected chi connectivity index (χ3v) is 5.97. The second kappa shape index (κ2) is 9.73. The van der Waals surface area contributed by atoms with Crippen LogP contribution in [0.3, 0.4) is 0 Å². The number of halogens is 1. The Kier molecular flexibility index (Phi) is 6.75. The third kappa shape index (κ3) is 4.56. The monoisotopic (exact) mass is 522 g/mol. The van der Waals surface area contributed by atoms with Crippen molar-refractivity contribution in [3.63, 3.8) is 0 Å². The molecule has 0 atom stereocenters. The number of hydrogen-bond donors (Lipinski definition) is 0. The molecule has 0 amide bonds. The lowest BCUT2D eigenvalue weighted by atomic mass is 10.0. The molecule has 0 radical (unpaired) electrons. The van der Waals surface area contributed by atoms with Crippen LogP contribution < -0.4 is 19.6 Å². The molecule has 0 saturated carbocycles. The second-order valence-electron chi connectivity index (χ2n) is 7.84. The van der Waals surface area contributed by atoms with E-state index in [4.69, 9.17) is 18.6 Å². The van der Waals surface area contributed by atoms with E-state index in [9.17, 15) is 9.59 Å². The molecule has 0 fully saturated rings. The largest absolute Gasteiger partial charge is 0.493 e. The van der Waals surface area contributed by atoms with Crippen molar-refractivity contribution in [1.29, 1.82) is 0 Å². The van der Waals surface area contributed by atoms with Gasteiger partial charge in [-0.3, -0.25) is 9.59 Å². The number of methoxy groups -OCH3 is 2. The molecule has 174 valence electrons. The smallest absolute Gasteiger partial charge is 0.235 e. The van der Waals surface area contributed by atoms with Crippen LogP contribution in [-0.2, 0) is 0 Å². The van der Waals surface area contributed by atoms with E-state index in [0.29, 0.717) is 33.6 Å². The van der Waals surface area contributed by atoms with Crippen LogP contribution in [0.5, 0.6) is 17.2 Å². The van der Waals surface area contributed by atoms with Crippen molar-refractivity contribution in [2.24, 2.45) is 0 Å². The van der Waals surface area contributed by atoms with E-state index in [-0.39, 0.29) is 29.3 Å². The quantitative estimate of drug-likeness (QED) is 0.272. The molecule has 1 heterocycles. The van der Waals surface area contributed by atoms with Crippen molar-refractivity contribution in [3.05, 3.63) is 86.0 Å². The highest BCUT2D eigenvalue weighted by Crippen LogP contribution is 2.37. The zero-order valence-corrected chi connectivity index (χ0v) is 20.8. The molecule has 3 aromatic carbocycles.